The van der Waals surface area contributed by atoms with Gasteiger partial charge in [-0.05, 0) is 12.1 Å². The summed E-state index contributed by atoms with van der Waals surface area (Å²) in [6.45, 7) is 0.372. The van der Waals surface area contributed by atoms with E-state index in [0.29, 0.717) is 12.1 Å². The molecule has 0 bridgehead atoms. The second-order valence-corrected chi connectivity index (χ2v) is 3.87. The minimum absolute atomic E-state index is 0.0343. The summed E-state index contributed by atoms with van der Waals surface area (Å²) in [5, 5.41) is 13.2. The molecule has 0 aliphatic carbocycles. The van der Waals surface area contributed by atoms with Crippen LogP contribution in [0.4, 0.5) is 5.69 Å². The normalized spacial score (nSPS) is 9.89. The van der Waals surface area contributed by atoms with E-state index in [1.807, 2.05) is 18.2 Å². The highest BCUT2D eigenvalue weighted by molar-refractivity contribution is 5.94. The molecule has 0 saturated carbocycles. The van der Waals surface area contributed by atoms with Crippen molar-refractivity contribution in [2.24, 2.45) is 0 Å². The molecule has 1 heterocycles. The zero-order valence-corrected chi connectivity index (χ0v) is 10.00. The molecule has 0 aliphatic heterocycles. The topological polar surface area (TPSA) is 86.4 Å². The van der Waals surface area contributed by atoms with Gasteiger partial charge in [0.25, 0.3) is 11.6 Å². The standard InChI is InChI=1S/C13H11N3O3/c17-13(15-9-11-3-1-2-8-14-11)10-4-6-12(7-5-10)16(18)19/h1-8H,9H2,(H,15,17)/p+1. The van der Waals surface area contributed by atoms with Crippen molar-refractivity contribution in [3.63, 3.8) is 0 Å². The fourth-order valence-electron chi connectivity index (χ4n) is 1.55. The molecule has 96 valence electrons. The number of aromatic nitrogens is 1. The number of aromatic amines is 1. The molecule has 2 aromatic rings. The molecule has 0 radical (unpaired) electrons. The van der Waals surface area contributed by atoms with Gasteiger partial charge in [0.15, 0.2) is 11.9 Å². The van der Waals surface area contributed by atoms with Crippen molar-refractivity contribution in [2.45, 2.75) is 6.54 Å². The molecule has 1 amide bonds. The van der Waals surface area contributed by atoms with Gasteiger partial charge < -0.3 is 5.32 Å². The van der Waals surface area contributed by atoms with Gasteiger partial charge in [0.2, 0.25) is 0 Å². The fourth-order valence-corrected chi connectivity index (χ4v) is 1.55. The van der Waals surface area contributed by atoms with Crippen molar-refractivity contribution >= 4 is 11.6 Å². The molecule has 0 atom stereocenters. The minimum atomic E-state index is -0.499. The number of nitro groups is 1. The van der Waals surface area contributed by atoms with Crippen LogP contribution in [0.2, 0.25) is 0 Å². The van der Waals surface area contributed by atoms with Crippen molar-refractivity contribution < 1.29 is 14.7 Å². The van der Waals surface area contributed by atoms with Crippen molar-refractivity contribution in [1.82, 2.24) is 5.32 Å². The van der Waals surface area contributed by atoms with Crippen molar-refractivity contribution in [3.05, 3.63) is 70.0 Å². The number of pyridine rings is 1. The number of H-pyrrole nitrogens is 1. The highest BCUT2D eigenvalue weighted by Crippen LogP contribution is 2.11. The first-order chi connectivity index (χ1) is 9.16. The number of nitrogens with one attached hydrogen (secondary N) is 2. The van der Waals surface area contributed by atoms with Crippen LogP contribution in [-0.4, -0.2) is 10.8 Å². The number of amides is 1. The Bertz CT molecular complexity index is 582. The lowest BCUT2D eigenvalue weighted by atomic mass is 10.2. The summed E-state index contributed by atoms with van der Waals surface area (Å²) in [6, 6.07) is 11.1. The Balaban J connectivity index is 1.98. The molecule has 0 unspecified atom stereocenters. The van der Waals surface area contributed by atoms with Gasteiger partial charge in [-0.1, -0.05) is 6.07 Å². The third-order valence-electron chi connectivity index (χ3n) is 2.55. The molecule has 19 heavy (non-hydrogen) atoms. The Kier molecular flexibility index (Phi) is 3.82. The van der Waals surface area contributed by atoms with E-state index in [1.165, 1.54) is 24.3 Å². The summed E-state index contributed by atoms with van der Waals surface area (Å²) in [5.41, 5.74) is 1.23. The summed E-state index contributed by atoms with van der Waals surface area (Å²) in [6.07, 6.45) is 1.77. The molecule has 6 nitrogen and oxygen atoms in total. The van der Waals surface area contributed by atoms with Crippen LogP contribution in [0.15, 0.2) is 48.7 Å². The lowest BCUT2D eigenvalue weighted by molar-refractivity contribution is -0.390. The maximum Gasteiger partial charge on any atom is 0.269 e. The number of nitrogens with zero attached hydrogens (tertiary/aromatic N) is 1. The number of rotatable bonds is 4. The first-order valence-electron chi connectivity index (χ1n) is 5.65. The van der Waals surface area contributed by atoms with Crippen LogP contribution >= 0.6 is 0 Å². The van der Waals surface area contributed by atoms with Crippen LogP contribution < -0.4 is 10.3 Å². The monoisotopic (exact) mass is 258 g/mol. The SMILES string of the molecule is O=C(NCc1cccc[nH+]1)c1ccc([N+](=O)[O-])cc1. The number of nitro benzene ring substituents is 1. The number of hydrogen-bond acceptors (Lipinski definition) is 3. The average Bonchev–Trinajstić information content (AvgIpc) is 2.46. The lowest BCUT2D eigenvalue weighted by Gasteiger charge is -2.02. The van der Waals surface area contributed by atoms with E-state index in [9.17, 15) is 14.9 Å². The van der Waals surface area contributed by atoms with Gasteiger partial charge in [0.1, 0.15) is 6.54 Å². The Morgan fingerprint density at radius 3 is 2.53 bits per heavy atom. The largest absolute Gasteiger partial charge is 0.342 e. The summed E-state index contributed by atoms with van der Waals surface area (Å²) in [5.74, 6) is -0.271. The van der Waals surface area contributed by atoms with Crippen LogP contribution in [0.3, 0.4) is 0 Å². The fraction of sp³-hybridized carbons (Fsp3) is 0.0769. The maximum absolute atomic E-state index is 11.8. The molecule has 0 aliphatic rings. The molecule has 0 fully saturated rings. The van der Waals surface area contributed by atoms with E-state index >= 15 is 0 Å². The second kappa shape index (κ2) is 5.72. The average molecular weight is 258 g/mol. The van der Waals surface area contributed by atoms with Gasteiger partial charge in [0, 0.05) is 29.8 Å². The number of non-ortho nitro benzene ring substituents is 1. The zero-order chi connectivity index (χ0) is 13.7. The molecule has 0 spiro atoms. The van der Waals surface area contributed by atoms with E-state index in [2.05, 4.69) is 10.3 Å². The van der Waals surface area contributed by atoms with E-state index in [0.717, 1.165) is 5.69 Å². The van der Waals surface area contributed by atoms with Gasteiger partial charge in [-0.2, -0.15) is 0 Å². The predicted octanol–water partition coefficient (Wildman–Crippen LogP) is 1.34. The first kappa shape index (κ1) is 12.7. The lowest BCUT2D eigenvalue weighted by Crippen LogP contribution is -2.26. The van der Waals surface area contributed by atoms with Crippen molar-refractivity contribution in [1.29, 1.82) is 0 Å². The Hall–Kier alpha value is -2.76. The molecule has 0 saturated heterocycles. The van der Waals surface area contributed by atoms with Crippen LogP contribution in [0.5, 0.6) is 0 Å². The second-order valence-electron chi connectivity index (χ2n) is 3.87. The van der Waals surface area contributed by atoms with E-state index in [1.54, 1.807) is 6.20 Å². The molecule has 6 heteroatoms. The summed E-state index contributed by atoms with van der Waals surface area (Å²) >= 11 is 0. The molecule has 1 aromatic heterocycles. The third-order valence-corrected chi connectivity index (χ3v) is 2.55. The Morgan fingerprint density at radius 1 is 1.21 bits per heavy atom. The highest BCUT2D eigenvalue weighted by Gasteiger charge is 2.10. The Morgan fingerprint density at radius 2 is 1.95 bits per heavy atom. The highest BCUT2D eigenvalue weighted by atomic mass is 16.6. The predicted molar refractivity (Wildman–Crippen MR) is 67.3 cm³/mol. The van der Waals surface area contributed by atoms with Gasteiger partial charge >= 0.3 is 0 Å². The van der Waals surface area contributed by atoms with Crippen LogP contribution in [0, 0.1) is 10.1 Å². The quantitative estimate of drug-likeness (QED) is 0.663. The van der Waals surface area contributed by atoms with Crippen LogP contribution in [-0.2, 0) is 6.54 Å². The minimum Gasteiger partial charge on any atom is -0.342 e. The van der Waals surface area contributed by atoms with Crippen LogP contribution in [0.1, 0.15) is 16.1 Å². The first-order valence-corrected chi connectivity index (χ1v) is 5.65. The van der Waals surface area contributed by atoms with Crippen LogP contribution in [0.25, 0.3) is 0 Å². The molecule has 2 N–H and O–H groups in total. The third kappa shape index (κ3) is 3.35. The number of carbonyl (C=O) groups is 1. The number of benzene rings is 1. The zero-order valence-electron chi connectivity index (χ0n) is 10.00. The number of carbonyl (C=O) groups excluding carboxylic acids is 1. The van der Waals surface area contributed by atoms with Crippen molar-refractivity contribution in [2.75, 3.05) is 0 Å². The maximum atomic E-state index is 11.8. The molecular formula is C13H12N3O3+. The van der Waals surface area contributed by atoms with Gasteiger partial charge in [-0.15, -0.1) is 0 Å². The Labute approximate surface area is 109 Å². The van der Waals surface area contributed by atoms with E-state index in [4.69, 9.17) is 0 Å². The van der Waals surface area contributed by atoms with Gasteiger partial charge in [-0.25, -0.2) is 4.98 Å². The van der Waals surface area contributed by atoms with E-state index < -0.39 is 4.92 Å². The summed E-state index contributed by atoms with van der Waals surface area (Å²) < 4.78 is 0. The molecular weight excluding hydrogens is 246 g/mol. The molecule has 2 rings (SSSR count). The summed E-state index contributed by atoms with van der Waals surface area (Å²) in [7, 11) is 0. The smallest absolute Gasteiger partial charge is 0.269 e. The van der Waals surface area contributed by atoms with Gasteiger partial charge in [-0.3, -0.25) is 14.9 Å². The van der Waals surface area contributed by atoms with Gasteiger partial charge in [0.05, 0.1) is 4.92 Å². The van der Waals surface area contributed by atoms with E-state index in [-0.39, 0.29) is 11.6 Å². The summed E-state index contributed by atoms with van der Waals surface area (Å²) in [4.78, 5) is 24.8. The van der Waals surface area contributed by atoms with Crippen molar-refractivity contribution in [3.8, 4) is 0 Å². The number of hydrogen-bond donors (Lipinski definition) is 1. The molecule has 1 aromatic carbocycles.